The molecule has 0 unspecified atom stereocenters. The van der Waals surface area contributed by atoms with Crippen molar-refractivity contribution in [3.63, 3.8) is 0 Å². The van der Waals surface area contributed by atoms with E-state index in [0.717, 1.165) is 0 Å². The maximum Gasteiger partial charge on any atom is 0.338 e. The number of anilines is 1. The molecule has 1 fully saturated rings. The van der Waals surface area contributed by atoms with Gasteiger partial charge in [0.25, 0.3) is 5.91 Å². The van der Waals surface area contributed by atoms with E-state index in [0.29, 0.717) is 33.9 Å². The van der Waals surface area contributed by atoms with Crippen LogP contribution in [-0.4, -0.2) is 71.7 Å². The molecular formula is C32H29N3O9S. The molecule has 0 radical (unpaired) electrons. The number of carbonyl (C=O) groups excluding carboxylic acids is 2. The first kappa shape index (κ1) is 31.3. The first-order chi connectivity index (χ1) is 21.7. The number of furan rings is 1. The Kier molecular flexibility index (Phi) is 9.48. The van der Waals surface area contributed by atoms with Crippen molar-refractivity contribution in [1.82, 2.24) is 4.31 Å². The Morgan fingerprint density at radius 2 is 1.56 bits per heavy atom. The molecule has 0 bridgehead atoms. The van der Waals surface area contributed by atoms with Crippen molar-refractivity contribution in [2.75, 3.05) is 52.4 Å². The van der Waals surface area contributed by atoms with Gasteiger partial charge in [0.05, 0.1) is 37.9 Å². The van der Waals surface area contributed by atoms with Gasteiger partial charge in [-0.2, -0.15) is 9.57 Å². The number of carbonyl (C=O) groups is 2. The van der Waals surface area contributed by atoms with Crippen molar-refractivity contribution in [1.29, 1.82) is 5.26 Å². The Balaban J connectivity index is 1.35. The predicted molar refractivity (Wildman–Crippen MR) is 162 cm³/mol. The average Bonchev–Trinajstić information content (AvgIpc) is 3.45. The predicted octanol–water partition coefficient (Wildman–Crippen LogP) is 4.32. The molecule has 0 atom stereocenters. The second kappa shape index (κ2) is 13.6. The Labute approximate surface area is 259 Å². The number of nitrogens with zero attached hydrogens (tertiary/aromatic N) is 2. The van der Waals surface area contributed by atoms with E-state index in [9.17, 15) is 23.3 Å². The number of nitrogens with one attached hydrogen (secondary N) is 1. The summed E-state index contributed by atoms with van der Waals surface area (Å²) in [6, 6.07) is 21.5. The highest BCUT2D eigenvalue weighted by Crippen LogP contribution is 2.42. The largest absolute Gasteiger partial charge is 0.497 e. The van der Waals surface area contributed by atoms with Crippen LogP contribution >= 0.6 is 0 Å². The highest BCUT2D eigenvalue weighted by molar-refractivity contribution is 7.89. The summed E-state index contributed by atoms with van der Waals surface area (Å²) in [6.07, 6.45) is 0. The molecule has 1 aliphatic rings. The van der Waals surface area contributed by atoms with Gasteiger partial charge in [0, 0.05) is 24.2 Å². The van der Waals surface area contributed by atoms with Crippen LogP contribution in [0.4, 0.5) is 5.88 Å². The number of esters is 1. The topological polar surface area (TPSA) is 157 Å². The van der Waals surface area contributed by atoms with Crippen LogP contribution in [-0.2, 0) is 24.3 Å². The maximum atomic E-state index is 13.0. The van der Waals surface area contributed by atoms with Crippen LogP contribution in [0.25, 0.3) is 22.5 Å². The summed E-state index contributed by atoms with van der Waals surface area (Å²) in [7, 11) is -0.757. The molecule has 13 heteroatoms. The molecule has 1 saturated heterocycles. The van der Waals surface area contributed by atoms with Gasteiger partial charge in [-0.15, -0.1) is 0 Å². The molecule has 232 valence electrons. The molecule has 0 aliphatic carbocycles. The fourth-order valence-corrected chi connectivity index (χ4v) is 6.16. The van der Waals surface area contributed by atoms with Gasteiger partial charge >= 0.3 is 5.97 Å². The highest BCUT2D eigenvalue weighted by atomic mass is 32.2. The third-order valence-corrected chi connectivity index (χ3v) is 8.91. The molecule has 3 aromatic carbocycles. The summed E-state index contributed by atoms with van der Waals surface area (Å²) in [5, 5.41) is 12.6. The number of benzene rings is 3. The van der Waals surface area contributed by atoms with Crippen molar-refractivity contribution in [2.45, 2.75) is 4.90 Å². The van der Waals surface area contributed by atoms with Gasteiger partial charge in [0.2, 0.25) is 15.9 Å². The summed E-state index contributed by atoms with van der Waals surface area (Å²) in [4.78, 5) is 25.6. The fourth-order valence-electron chi connectivity index (χ4n) is 4.70. The van der Waals surface area contributed by atoms with Crippen LogP contribution in [0.15, 0.2) is 82.1 Å². The Hall–Kier alpha value is -5.16. The van der Waals surface area contributed by atoms with Gasteiger partial charge in [0.1, 0.15) is 28.9 Å². The van der Waals surface area contributed by atoms with Crippen molar-refractivity contribution in [3.8, 4) is 40.0 Å². The molecule has 1 amide bonds. The number of hydrogen-bond acceptors (Lipinski definition) is 10. The van der Waals surface area contributed by atoms with E-state index < -0.39 is 28.5 Å². The van der Waals surface area contributed by atoms with E-state index in [1.165, 1.54) is 28.6 Å². The lowest BCUT2D eigenvalue weighted by atomic mass is 9.98. The summed E-state index contributed by atoms with van der Waals surface area (Å²) >= 11 is 0. The molecule has 4 aromatic rings. The van der Waals surface area contributed by atoms with Crippen molar-refractivity contribution in [2.24, 2.45) is 0 Å². The third kappa shape index (κ3) is 6.83. The minimum Gasteiger partial charge on any atom is -0.497 e. The van der Waals surface area contributed by atoms with Gasteiger partial charge in [-0.1, -0.05) is 18.2 Å². The van der Waals surface area contributed by atoms with E-state index in [-0.39, 0.29) is 48.2 Å². The monoisotopic (exact) mass is 631 g/mol. The van der Waals surface area contributed by atoms with Gasteiger partial charge in [0.15, 0.2) is 6.61 Å². The number of methoxy groups -OCH3 is 2. The second-order valence-corrected chi connectivity index (χ2v) is 11.7. The van der Waals surface area contributed by atoms with Gasteiger partial charge in [-0.25, -0.2) is 13.2 Å². The van der Waals surface area contributed by atoms with E-state index in [4.69, 9.17) is 23.4 Å². The summed E-state index contributed by atoms with van der Waals surface area (Å²) in [5.74, 6) is -0.239. The van der Waals surface area contributed by atoms with Gasteiger partial charge in [-0.3, -0.25) is 10.1 Å². The number of sulfonamides is 1. The minimum absolute atomic E-state index is 0.0450. The first-order valence-electron chi connectivity index (χ1n) is 13.8. The standard InChI is InChI=1S/C32H29N3O9S/c1-40-24-10-6-21(7-11-24)29-27(19-33)31(44-30(29)22-8-12-25(41-2)13-9-22)34-28(36)20-43-32(37)23-4-3-5-26(18-23)45(38,39)35-14-16-42-17-15-35/h3-13,18H,14-17,20H2,1-2H3,(H,34,36). The highest BCUT2D eigenvalue weighted by Gasteiger charge is 2.28. The number of nitriles is 1. The zero-order valence-corrected chi connectivity index (χ0v) is 25.3. The van der Waals surface area contributed by atoms with Crippen LogP contribution in [0.3, 0.4) is 0 Å². The van der Waals surface area contributed by atoms with Gasteiger partial charge < -0.3 is 23.4 Å². The molecule has 1 N–H and O–H groups in total. The molecule has 1 aliphatic heterocycles. The van der Waals surface area contributed by atoms with Crippen molar-refractivity contribution in [3.05, 3.63) is 83.9 Å². The lowest BCUT2D eigenvalue weighted by Gasteiger charge is -2.26. The number of amides is 1. The number of morpholine rings is 1. The Bertz CT molecular complexity index is 1840. The molecule has 2 heterocycles. The number of hydrogen-bond donors (Lipinski definition) is 1. The van der Waals surface area contributed by atoms with Crippen LogP contribution in [0.1, 0.15) is 15.9 Å². The summed E-state index contributed by atoms with van der Waals surface area (Å²) in [5.41, 5.74) is 1.72. The molecule has 1 aromatic heterocycles. The van der Waals surface area contributed by atoms with Crippen LogP contribution in [0, 0.1) is 11.3 Å². The summed E-state index contributed by atoms with van der Waals surface area (Å²) < 4.78 is 54.2. The summed E-state index contributed by atoms with van der Waals surface area (Å²) in [6.45, 7) is 0.245. The fraction of sp³-hybridized carbons (Fsp3) is 0.219. The van der Waals surface area contributed by atoms with Gasteiger partial charge in [-0.05, 0) is 60.2 Å². The molecule has 45 heavy (non-hydrogen) atoms. The minimum atomic E-state index is -3.84. The van der Waals surface area contributed by atoms with Crippen molar-refractivity contribution < 1.29 is 41.4 Å². The Morgan fingerprint density at radius 3 is 2.16 bits per heavy atom. The van der Waals surface area contributed by atoms with E-state index in [1.54, 1.807) is 62.8 Å². The molecule has 5 rings (SSSR count). The van der Waals surface area contributed by atoms with Crippen LogP contribution in [0.2, 0.25) is 0 Å². The first-order valence-corrected chi connectivity index (χ1v) is 15.2. The molecule has 12 nitrogen and oxygen atoms in total. The SMILES string of the molecule is COc1ccc(-c2oc(NC(=O)COC(=O)c3cccc(S(=O)(=O)N4CCOCC4)c3)c(C#N)c2-c2ccc(OC)cc2)cc1. The normalized spacial score (nSPS) is 13.4. The molecular weight excluding hydrogens is 602 g/mol. The molecule has 0 spiro atoms. The Morgan fingerprint density at radius 1 is 0.933 bits per heavy atom. The second-order valence-electron chi connectivity index (χ2n) is 9.75. The third-order valence-electron chi connectivity index (χ3n) is 7.02. The average molecular weight is 632 g/mol. The lowest BCUT2D eigenvalue weighted by Crippen LogP contribution is -2.40. The maximum absolute atomic E-state index is 13.0. The van der Waals surface area contributed by atoms with Crippen LogP contribution < -0.4 is 14.8 Å². The van der Waals surface area contributed by atoms with Crippen LogP contribution in [0.5, 0.6) is 11.5 Å². The zero-order chi connectivity index (χ0) is 32.0. The smallest absolute Gasteiger partial charge is 0.338 e. The molecule has 0 saturated carbocycles. The number of ether oxygens (including phenoxy) is 4. The van der Waals surface area contributed by atoms with Crippen molar-refractivity contribution >= 4 is 27.8 Å². The van der Waals surface area contributed by atoms with E-state index >= 15 is 0 Å². The number of rotatable bonds is 10. The van der Waals surface area contributed by atoms with E-state index in [2.05, 4.69) is 11.4 Å². The lowest BCUT2D eigenvalue weighted by molar-refractivity contribution is -0.119. The zero-order valence-electron chi connectivity index (χ0n) is 24.4. The van der Waals surface area contributed by atoms with E-state index in [1.807, 2.05) is 0 Å². The quantitative estimate of drug-likeness (QED) is 0.250.